The summed E-state index contributed by atoms with van der Waals surface area (Å²) in [4.78, 5) is 27.2. The van der Waals surface area contributed by atoms with Gasteiger partial charge in [-0.15, -0.1) is 0 Å². The lowest BCUT2D eigenvalue weighted by atomic mass is 9.85. The molecule has 1 spiro atoms. The predicted octanol–water partition coefficient (Wildman–Crippen LogP) is 2.91. The van der Waals surface area contributed by atoms with Crippen LogP contribution in [0.25, 0.3) is 0 Å². The van der Waals surface area contributed by atoms with Crippen molar-refractivity contribution in [1.29, 1.82) is 0 Å². The molecule has 2 amide bonds. The fraction of sp³-hybridized carbons (Fsp3) is 0.579. The summed E-state index contributed by atoms with van der Waals surface area (Å²) in [5, 5.41) is 2.87. The first kappa shape index (κ1) is 15.5. The normalized spacial score (nSPS) is 24.8. The highest BCUT2D eigenvalue weighted by molar-refractivity contribution is 6.01. The average Bonchev–Trinajstić information content (AvgIpc) is 3.23. The van der Waals surface area contributed by atoms with Crippen LogP contribution in [0.15, 0.2) is 18.2 Å². The fourth-order valence-electron chi connectivity index (χ4n) is 4.66. The smallest absolute Gasteiger partial charge is 0.230 e. The van der Waals surface area contributed by atoms with Gasteiger partial charge in [-0.05, 0) is 48.4 Å². The van der Waals surface area contributed by atoms with E-state index < -0.39 is 0 Å². The number of methoxy groups -OCH3 is 1. The second-order valence-corrected chi connectivity index (χ2v) is 7.47. The molecule has 1 aromatic carbocycles. The Morgan fingerprint density at radius 1 is 1.29 bits per heavy atom. The van der Waals surface area contributed by atoms with Gasteiger partial charge in [0, 0.05) is 25.2 Å². The van der Waals surface area contributed by atoms with Crippen molar-refractivity contribution in [3.05, 3.63) is 23.8 Å². The van der Waals surface area contributed by atoms with Crippen LogP contribution in [0.3, 0.4) is 0 Å². The number of carbonyl (C=O) groups is 2. The number of ether oxygens (including phenoxy) is 1. The molecule has 1 N–H and O–H groups in total. The Bertz CT molecular complexity index is 679. The highest BCUT2D eigenvalue weighted by Crippen LogP contribution is 2.46. The monoisotopic (exact) mass is 328 g/mol. The number of hydrogen-bond donors (Lipinski definition) is 1. The minimum Gasteiger partial charge on any atom is -0.497 e. The van der Waals surface area contributed by atoms with E-state index in [-0.39, 0.29) is 24.2 Å². The molecule has 2 aliphatic heterocycles. The van der Waals surface area contributed by atoms with Crippen LogP contribution < -0.4 is 10.1 Å². The molecular weight excluding hydrogens is 304 g/mol. The summed E-state index contributed by atoms with van der Waals surface area (Å²) >= 11 is 0. The van der Waals surface area contributed by atoms with Crippen molar-refractivity contribution < 1.29 is 14.3 Å². The number of rotatable bonds is 2. The van der Waals surface area contributed by atoms with Gasteiger partial charge in [-0.2, -0.15) is 0 Å². The quantitative estimate of drug-likeness (QED) is 0.908. The molecule has 0 bridgehead atoms. The molecule has 1 saturated heterocycles. The van der Waals surface area contributed by atoms with E-state index in [4.69, 9.17) is 4.74 Å². The number of nitrogens with one attached hydrogen (secondary N) is 1. The molecule has 2 fully saturated rings. The summed E-state index contributed by atoms with van der Waals surface area (Å²) < 4.78 is 5.30. The highest BCUT2D eigenvalue weighted by atomic mass is 16.5. The number of likely N-dealkylation sites (tertiary alicyclic amines) is 1. The Balaban J connectivity index is 1.60. The molecule has 2 heterocycles. The fourth-order valence-corrected chi connectivity index (χ4v) is 4.66. The Morgan fingerprint density at radius 2 is 2.08 bits per heavy atom. The van der Waals surface area contributed by atoms with Crippen LogP contribution in [-0.2, 0) is 9.59 Å². The SMILES string of the molecule is COc1ccc2c(c1)C(C(=O)N1CCC3(CCCC3)C1)CC(=O)N2. The van der Waals surface area contributed by atoms with Gasteiger partial charge >= 0.3 is 0 Å². The first-order chi connectivity index (χ1) is 11.6. The zero-order valence-electron chi connectivity index (χ0n) is 14.1. The molecule has 1 aromatic rings. The number of benzene rings is 1. The van der Waals surface area contributed by atoms with Crippen LogP contribution in [0.1, 0.15) is 50.0 Å². The topological polar surface area (TPSA) is 58.6 Å². The van der Waals surface area contributed by atoms with Crippen molar-refractivity contribution >= 4 is 17.5 Å². The summed E-state index contributed by atoms with van der Waals surface area (Å²) in [5.41, 5.74) is 1.97. The molecule has 128 valence electrons. The number of fused-ring (bicyclic) bond motifs is 1. The van der Waals surface area contributed by atoms with E-state index in [1.165, 1.54) is 25.7 Å². The van der Waals surface area contributed by atoms with Gasteiger partial charge in [-0.1, -0.05) is 12.8 Å². The maximum absolute atomic E-state index is 13.2. The average molecular weight is 328 g/mol. The minimum absolute atomic E-state index is 0.0826. The van der Waals surface area contributed by atoms with Crippen molar-refractivity contribution in [3.63, 3.8) is 0 Å². The summed E-state index contributed by atoms with van der Waals surface area (Å²) in [6.45, 7) is 1.69. The van der Waals surface area contributed by atoms with Crippen LogP contribution in [0, 0.1) is 5.41 Å². The lowest BCUT2D eigenvalue weighted by molar-refractivity contribution is -0.134. The Hall–Kier alpha value is -2.04. The minimum atomic E-state index is -0.389. The predicted molar refractivity (Wildman–Crippen MR) is 91.1 cm³/mol. The van der Waals surface area contributed by atoms with Gasteiger partial charge in [-0.25, -0.2) is 0 Å². The van der Waals surface area contributed by atoms with E-state index in [0.29, 0.717) is 5.41 Å². The second-order valence-electron chi connectivity index (χ2n) is 7.47. The maximum atomic E-state index is 13.2. The van der Waals surface area contributed by atoms with Crippen LogP contribution in [0.4, 0.5) is 5.69 Å². The van der Waals surface area contributed by atoms with E-state index in [2.05, 4.69) is 5.32 Å². The van der Waals surface area contributed by atoms with Gasteiger partial charge in [0.25, 0.3) is 0 Å². The van der Waals surface area contributed by atoms with E-state index in [9.17, 15) is 9.59 Å². The molecule has 1 unspecified atom stereocenters. The van der Waals surface area contributed by atoms with E-state index in [1.54, 1.807) is 7.11 Å². The Labute approximate surface area is 142 Å². The van der Waals surface area contributed by atoms with Crippen LogP contribution >= 0.6 is 0 Å². The summed E-state index contributed by atoms with van der Waals surface area (Å²) in [6, 6.07) is 5.53. The highest BCUT2D eigenvalue weighted by Gasteiger charge is 2.44. The lowest BCUT2D eigenvalue weighted by Crippen LogP contribution is -2.38. The maximum Gasteiger partial charge on any atom is 0.230 e. The molecule has 3 aliphatic rings. The van der Waals surface area contributed by atoms with Crippen molar-refractivity contribution in [1.82, 2.24) is 4.90 Å². The van der Waals surface area contributed by atoms with E-state index in [1.807, 2.05) is 23.1 Å². The van der Waals surface area contributed by atoms with Crippen molar-refractivity contribution in [3.8, 4) is 5.75 Å². The molecule has 4 rings (SSSR count). The Morgan fingerprint density at radius 3 is 2.83 bits per heavy atom. The summed E-state index contributed by atoms with van der Waals surface area (Å²) in [5.74, 6) is 0.348. The first-order valence-electron chi connectivity index (χ1n) is 8.87. The molecule has 1 saturated carbocycles. The van der Waals surface area contributed by atoms with Gasteiger partial charge in [0.2, 0.25) is 11.8 Å². The molecular formula is C19H24N2O3. The lowest BCUT2D eigenvalue weighted by Gasteiger charge is -2.30. The number of amides is 2. The molecule has 5 heteroatoms. The second kappa shape index (κ2) is 5.80. The first-order valence-corrected chi connectivity index (χ1v) is 8.87. The van der Waals surface area contributed by atoms with Gasteiger partial charge in [0.05, 0.1) is 13.0 Å². The standard InChI is InChI=1S/C19H24N2O3/c1-24-13-4-5-16-14(10-13)15(11-17(22)20-16)18(23)21-9-8-19(12-21)6-2-3-7-19/h4-5,10,15H,2-3,6-9,11-12H2,1H3,(H,20,22). The third-order valence-electron chi connectivity index (χ3n) is 6.01. The molecule has 0 radical (unpaired) electrons. The number of hydrogen-bond acceptors (Lipinski definition) is 3. The van der Waals surface area contributed by atoms with E-state index in [0.717, 1.165) is 36.5 Å². The van der Waals surface area contributed by atoms with Gasteiger partial charge in [0.15, 0.2) is 0 Å². The molecule has 5 nitrogen and oxygen atoms in total. The largest absolute Gasteiger partial charge is 0.497 e. The van der Waals surface area contributed by atoms with Gasteiger partial charge in [-0.3, -0.25) is 9.59 Å². The number of carbonyl (C=O) groups excluding carboxylic acids is 2. The zero-order valence-corrected chi connectivity index (χ0v) is 14.1. The Kier molecular flexibility index (Phi) is 3.74. The van der Waals surface area contributed by atoms with Crippen LogP contribution in [-0.4, -0.2) is 36.9 Å². The van der Waals surface area contributed by atoms with Gasteiger partial charge < -0.3 is 15.0 Å². The third-order valence-corrected chi connectivity index (χ3v) is 6.01. The van der Waals surface area contributed by atoms with Crippen molar-refractivity contribution in [2.45, 2.75) is 44.4 Å². The van der Waals surface area contributed by atoms with Crippen molar-refractivity contribution in [2.75, 3.05) is 25.5 Å². The number of anilines is 1. The molecule has 0 aromatic heterocycles. The van der Waals surface area contributed by atoms with Crippen molar-refractivity contribution in [2.24, 2.45) is 5.41 Å². The zero-order chi connectivity index (χ0) is 16.7. The summed E-state index contributed by atoms with van der Waals surface area (Å²) in [7, 11) is 1.62. The summed E-state index contributed by atoms with van der Waals surface area (Å²) in [6.07, 6.45) is 6.39. The molecule has 1 atom stereocenters. The van der Waals surface area contributed by atoms with Gasteiger partial charge in [0.1, 0.15) is 5.75 Å². The van der Waals surface area contributed by atoms with E-state index >= 15 is 0 Å². The number of nitrogens with zero attached hydrogens (tertiary/aromatic N) is 1. The molecule has 24 heavy (non-hydrogen) atoms. The third kappa shape index (κ3) is 2.56. The van der Waals surface area contributed by atoms with Crippen LogP contribution in [0.5, 0.6) is 5.75 Å². The van der Waals surface area contributed by atoms with Crippen LogP contribution in [0.2, 0.25) is 0 Å². The molecule has 1 aliphatic carbocycles.